The number of rotatable bonds is 6. The van der Waals surface area contributed by atoms with Crippen LogP contribution in [0.25, 0.3) is 11.5 Å². The van der Waals surface area contributed by atoms with Gasteiger partial charge in [-0.25, -0.2) is 4.98 Å². The number of aromatic nitrogens is 3. The van der Waals surface area contributed by atoms with Crippen LogP contribution in [-0.2, 0) is 6.54 Å². The monoisotopic (exact) mass is 390 g/mol. The lowest BCUT2D eigenvalue weighted by Crippen LogP contribution is -2.21. The summed E-state index contributed by atoms with van der Waals surface area (Å²) in [6, 6.07) is 15.5. The topological polar surface area (TPSA) is 71.1 Å². The summed E-state index contributed by atoms with van der Waals surface area (Å²) in [4.78, 5) is 26.4. The molecule has 1 saturated heterocycles. The number of hydrogen-bond donors (Lipinski definition) is 1. The average Bonchev–Trinajstić information content (AvgIpc) is 3.16. The third kappa shape index (κ3) is 4.90. The predicted octanol–water partition coefficient (Wildman–Crippen LogP) is 3.61. The minimum absolute atomic E-state index is 0.132. The first kappa shape index (κ1) is 19.3. The number of pyridine rings is 1. The van der Waals surface area contributed by atoms with E-state index in [1.54, 1.807) is 12.3 Å². The van der Waals surface area contributed by atoms with E-state index in [9.17, 15) is 4.79 Å². The van der Waals surface area contributed by atoms with Crippen molar-refractivity contribution in [3.05, 3.63) is 76.3 Å². The Morgan fingerprint density at radius 2 is 2.10 bits per heavy atom. The van der Waals surface area contributed by atoms with Crippen LogP contribution >= 0.6 is 0 Å². The molecule has 0 unspecified atom stereocenters. The second kappa shape index (κ2) is 8.57. The highest BCUT2D eigenvalue weighted by Crippen LogP contribution is 2.28. The quantitative estimate of drug-likeness (QED) is 0.696. The fraction of sp³-hybridized carbons (Fsp3) is 0.348. The molecular weight excluding hydrogens is 364 g/mol. The summed E-state index contributed by atoms with van der Waals surface area (Å²) < 4.78 is 5.81. The molecule has 6 nitrogen and oxygen atoms in total. The Labute approximate surface area is 170 Å². The maximum absolute atomic E-state index is 12.2. The van der Waals surface area contributed by atoms with Gasteiger partial charge in [-0.05, 0) is 56.6 Å². The third-order valence-electron chi connectivity index (χ3n) is 5.04. The first-order valence-corrected chi connectivity index (χ1v) is 10.1. The number of benzene rings is 1. The van der Waals surface area contributed by atoms with Gasteiger partial charge in [0, 0.05) is 31.3 Å². The largest absolute Gasteiger partial charge is 0.491 e. The van der Waals surface area contributed by atoms with Gasteiger partial charge in [0.25, 0.3) is 5.56 Å². The van der Waals surface area contributed by atoms with Crippen molar-refractivity contribution in [1.29, 1.82) is 0 Å². The van der Waals surface area contributed by atoms with Crippen LogP contribution in [0.3, 0.4) is 0 Å². The molecule has 3 aromatic rings. The molecule has 3 heterocycles. The molecule has 0 spiro atoms. The molecule has 1 aliphatic heterocycles. The molecule has 150 valence electrons. The minimum Gasteiger partial charge on any atom is -0.491 e. The summed E-state index contributed by atoms with van der Waals surface area (Å²) in [5.74, 6) is 1.68. The highest BCUT2D eigenvalue weighted by atomic mass is 16.5. The van der Waals surface area contributed by atoms with E-state index in [2.05, 4.69) is 27.0 Å². The molecule has 1 fully saturated rings. The Hall–Kier alpha value is -2.99. The van der Waals surface area contributed by atoms with Crippen LogP contribution in [0.5, 0.6) is 5.75 Å². The maximum Gasteiger partial charge on any atom is 0.251 e. The fourth-order valence-corrected chi connectivity index (χ4v) is 3.77. The van der Waals surface area contributed by atoms with Gasteiger partial charge in [-0.3, -0.25) is 14.7 Å². The van der Waals surface area contributed by atoms with Gasteiger partial charge >= 0.3 is 0 Å². The molecule has 1 aromatic carbocycles. The molecular formula is C23H26N4O2. The van der Waals surface area contributed by atoms with Crippen LogP contribution in [0.2, 0.25) is 0 Å². The Morgan fingerprint density at radius 1 is 1.21 bits per heavy atom. The average molecular weight is 390 g/mol. The second-order valence-electron chi connectivity index (χ2n) is 7.77. The summed E-state index contributed by atoms with van der Waals surface area (Å²) in [5.41, 5.74) is 2.63. The number of ether oxygens (including phenoxy) is 1. The van der Waals surface area contributed by atoms with Crippen LogP contribution < -0.4 is 10.3 Å². The van der Waals surface area contributed by atoms with Gasteiger partial charge in [0.05, 0.1) is 11.8 Å². The lowest BCUT2D eigenvalue weighted by atomic mass is 10.0. The Morgan fingerprint density at radius 3 is 2.90 bits per heavy atom. The summed E-state index contributed by atoms with van der Waals surface area (Å²) in [6.45, 7) is 6.79. The zero-order chi connectivity index (χ0) is 20.2. The first-order valence-electron chi connectivity index (χ1n) is 10.1. The highest BCUT2D eigenvalue weighted by molar-refractivity contribution is 5.48. The molecule has 1 N–H and O–H groups in total. The molecule has 0 bridgehead atoms. The molecule has 1 atom stereocenters. The van der Waals surface area contributed by atoms with E-state index in [0.717, 1.165) is 37.5 Å². The van der Waals surface area contributed by atoms with Gasteiger partial charge in [0.1, 0.15) is 11.4 Å². The molecule has 29 heavy (non-hydrogen) atoms. The predicted molar refractivity (Wildman–Crippen MR) is 113 cm³/mol. The van der Waals surface area contributed by atoms with E-state index in [4.69, 9.17) is 9.72 Å². The standard InChI is InChI=1S/C23H26N4O2/c1-16(2)29-19-7-5-6-17(12-19)14-27-11-9-18(15-27)21-13-22(28)26-23(25-21)20-8-3-4-10-24-20/h3-8,10,12-13,16,18H,9,11,14-15H2,1-2H3,(H,25,26,28)/t18-/m1/s1. The number of nitrogens with zero attached hydrogens (tertiary/aromatic N) is 3. The number of H-pyrrole nitrogens is 1. The molecule has 4 rings (SSSR count). The van der Waals surface area contributed by atoms with Gasteiger partial charge in [-0.2, -0.15) is 0 Å². The first-order chi connectivity index (χ1) is 14.1. The normalized spacial score (nSPS) is 17.0. The van der Waals surface area contributed by atoms with Gasteiger partial charge in [0.2, 0.25) is 0 Å². The summed E-state index contributed by atoms with van der Waals surface area (Å²) in [5, 5.41) is 0. The molecule has 0 aliphatic carbocycles. The van der Waals surface area contributed by atoms with Gasteiger partial charge < -0.3 is 9.72 Å². The van der Waals surface area contributed by atoms with Crippen molar-refractivity contribution >= 4 is 0 Å². The highest BCUT2D eigenvalue weighted by Gasteiger charge is 2.26. The van der Waals surface area contributed by atoms with Crippen molar-refractivity contribution in [1.82, 2.24) is 19.9 Å². The van der Waals surface area contributed by atoms with Gasteiger partial charge in [0.15, 0.2) is 5.82 Å². The van der Waals surface area contributed by atoms with Crippen molar-refractivity contribution in [3.63, 3.8) is 0 Å². The fourth-order valence-electron chi connectivity index (χ4n) is 3.77. The van der Waals surface area contributed by atoms with Crippen molar-refractivity contribution < 1.29 is 4.74 Å². The number of hydrogen-bond acceptors (Lipinski definition) is 5. The number of likely N-dealkylation sites (tertiary alicyclic amines) is 1. The Balaban J connectivity index is 1.46. The summed E-state index contributed by atoms with van der Waals surface area (Å²) in [6.07, 6.45) is 2.86. The smallest absolute Gasteiger partial charge is 0.251 e. The molecule has 6 heteroatoms. The van der Waals surface area contributed by atoms with Crippen molar-refractivity contribution in [2.75, 3.05) is 13.1 Å². The summed E-state index contributed by atoms with van der Waals surface area (Å²) in [7, 11) is 0. The van der Waals surface area contributed by atoms with E-state index in [0.29, 0.717) is 11.5 Å². The van der Waals surface area contributed by atoms with Gasteiger partial charge in [-0.1, -0.05) is 18.2 Å². The lowest BCUT2D eigenvalue weighted by molar-refractivity contribution is 0.241. The Kier molecular flexibility index (Phi) is 5.71. The lowest BCUT2D eigenvalue weighted by Gasteiger charge is -2.17. The van der Waals surface area contributed by atoms with E-state index >= 15 is 0 Å². The van der Waals surface area contributed by atoms with Crippen molar-refractivity contribution in [2.24, 2.45) is 0 Å². The molecule has 1 aliphatic rings. The van der Waals surface area contributed by atoms with Crippen LogP contribution in [0, 0.1) is 0 Å². The molecule has 2 aromatic heterocycles. The van der Waals surface area contributed by atoms with Crippen LogP contribution in [-0.4, -0.2) is 39.0 Å². The van der Waals surface area contributed by atoms with E-state index in [-0.39, 0.29) is 17.6 Å². The van der Waals surface area contributed by atoms with E-state index in [1.165, 1.54) is 5.56 Å². The molecule has 0 amide bonds. The number of nitrogens with one attached hydrogen (secondary N) is 1. The number of aromatic amines is 1. The molecule has 0 saturated carbocycles. The van der Waals surface area contributed by atoms with Crippen LogP contribution in [0.15, 0.2) is 59.5 Å². The van der Waals surface area contributed by atoms with Crippen LogP contribution in [0.4, 0.5) is 0 Å². The third-order valence-corrected chi connectivity index (χ3v) is 5.04. The molecule has 0 radical (unpaired) electrons. The zero-order valence-electron chi connectivity index (χ0n) is 16.8. The van der Waals surface area contributed by atoms with E-state index in [1.807, 2.05) is 44.2 Å². The Bertz CT molecular complexity index is 1020. The maximum atomic E-state index is 12.2. The van der Waals surface area contributed by atoms with Crippen molar-refractivity contribution in [3.8, 4) is 17.3 Å². The second-order valence-corrected chi connectivity index (χ2v) is 7.77. The SMILES string of the molecule is CC(C)Oc1cccc(CN2CC[C@@H](c3cc(=O)[nH]c(-c4ccccn4)n3)C2)c1. The van der Waals surface area contributed by atoms with Gasteiger partial charge in [-0.15, -0.1) is 0 Å². The van der Waals surface area contributed by atoms with Crippen molar-refractivity contribution in [2.45, 2.75) is 38.8 Å². The zero-order valence-corrected chi connectivity index (χ0v) is 16.8. The minimum atomic E-state index is -0.132. The van der Waals surface area contributed by atoms with E-state index < -0.39 is 0 Å². The van der Waals surface area contributed by atoms with Crippen LogP contribution in [0.1, 0.15) is 37.4 Å². The summed E-state index contributed by atoms with van der Waals surface area (Å²) >= 11 is 0.